The van der Waals surface area contributed by atoms with Crippen LogP contribution in [-0.4, -0.2) is 25.3 Å². The number of nitro benzene ring substituents is 1. The number of aromatic nitrogens is 3. The molecule has 0 aliphatic heterocycles. The summed E-state index contributed by atoms with van der Waals surface area (Å²) in [5.41, 5.74) is 1.78. The van der Waals surface area contributed by atoms with E-state index < -0.39 is 22.1 Å². The summed E-state index contributed by atoms with van der Waals surface area (Å²) in [6, 6.07) is 2.09. The first-order valence-corrected chi connectivity index (χ1v) is 8.36. The van der Waals surface area contributed by atoms with Gasteiger partial charge in [-0.3, -0.25) is 10.1 Å². The standard InChI is InChI=1S/C16H13BrN4O6/c1-6-7(2)12(14(17)20(24)8(6)3)16-18-15(19-27-16)9-4-10(21(25)26)13(23)11(22)5-9/h4-5,22-23H,1-3H3. The SMILES string of the molecule is Cc1c(C)c(C)[n+]([O-])c(Br)c1-c1nc(-c2cc(O)c(O)c([N+](=O)[O-])c2)no1. The van der Waals surface area contributed by atoms with E-state index in [1.807, 2.05) is 0 Å². The fraction of sp³-hybridized carbons (Fsp3) is 0.188. The Labute approximate surface area is 160 Å². The van der Waals surface area contributed by atoms with Crippen molar-refractivity contribution in [2.75, 3.05) is 0 Å². The van der Waals surface area contributed by atoms with Gasteiger partial charge in [-0.15, -0.1) is 0 Å². The van der Waals surface area contributed by atoms with Crippen LogP contribution < -0.4 is 4.73 Å². The summed E-state index contributed by atoms with van der Waals surface area (Å²) in [4.78, 5) is 14.3. The van der Waals surface area contributed by atoms with Crippen molar-refractivity contribution in [1.82, 2.24) is 10.1 Å². The van der Waals surface area contributed by atoms with E-state index in [2.05, 4.69) is 26.1 Å². The first kappa shape index (κ1) is 18.6. The van der Waals surface area contributed by atoms with Crippen molar-refractivity contribution in [2.45, 2.75) is 20.8 Å². The number of aromatic hydroxyl groups is 2. The van der Waals surface area contributed by atoms with Crippen molar-refractivity contribution in [1.29, 1.82) is 0 Å². The number of rotatable bonds is 3. The van der Waals surface area contributed by atoms with Crippen LogP contribution in [0, 0.1) is 36.1 Å². The molecule has 10 nitrogen and oxygen atoms in total. The topological polar surface area (TPSA) is 149 Å². The van der Waals surface area contributed by atoms with Crippen LogP contribution in [0.15, 0.2) is 21.3 Å². The van der Waals surface area contributed by atoms with Crippen molar-refractivity contribution in [3.8, 4) is 34.3 Å². The molecule has 0 fully saturated rings. The lowest BCUT2D eigenvalue weighted by Crippen LogP contribution is -2.34. The maximum atomic E-state index is 12.3. The molecule has 11 heteroatoms. The van der Waals surface area contributed by atoms with Crippen LogP contribution in [0.5, 0.6) is 11.5 Å². The number of hydrogen-bond donors (Lipinski definition) is 2. The van der Waals surface area contributed by atoms with Gasteiger partial charge in [0.1, 0.15) is 5.56 Å². The molecule has 140 valence electrons. The molecule has 2 N–H and O–H groups in total. The highest BCUT2D eigenvalue weighted by atomic mass is 79.9. The van der Waals surface area contributed by atoms with Gasteiger partial charge in [-0.2, -0.15) is 9.71 Å². The Balaban J connectivity index is 2.17. The van der Waals surface area contributed by atoms with Crippen molar-refractivity contribution < 1.29 is 24.4 Å². The molecule has 2 heterocycles. The molecule has 0 bridgehead atoms. The molecule has 27 heavy (non-hydrogen) atoms. The van der Waals surface area contributed by atoms with Gasteiger partial charge in [0, 0.05) is 40.0 Å². The number of benzene rings is 1. The second-order valence-corrected chi connectivity index (χ2v) is 6.59. The second-order valence-electron chi connectivity index (χ2n) is 5.84. The molecule has 0 aliphatic rings. The highest BCUT2D eigenvalue weighted by Gasteiger charge is 2.27. The predicted octanol–water partition coefficient (Wildman–Crippen LogP) is 3.04. The van der Waals surface area contributed by atoms with Crippen LogP contribution in [-0.2, 0) is 0 Å². The van der Waals surface area contributed by atoms with E-state index in [1.54, 1.807) is 20.8 Å². The van der Waals surface area contributed by atoms with E-state index in [4.69, 9.17) is 4.52 Å². The third kappa shape index (κ3) is 2.95. The summed E-state index contributed by atoms with van der Waals surface area (Å²) in [6.07, 6.45) is 0. The van der Waals surface area contributed by atoms with Crippen LogP contribution in [0.4, 0.5) is 5.69 Å². The van der Waals surface area contributed by atoms with Crippen molar-refractivity contribution in [3.63, 3.8) is 0 Å². The van der Waals surface area contributed by atoms with Crippen LogP contribution in [0.2, 0.25) is 0 Å². The quantitative estimate of drug-likeness (QED) is 0.159. The molecule has 2 aromatic heterocycles. The van der Waals surface area contributed by atoms with Crippen molar-refractivity contribution in [2.24, 2.45) is 0 Å². The lowest BCUT2D eigenvalue weighted by atomic mass is 10.0. The number of pyridine rings is 1. The highest BCUT2D eigenvalue weighted by Crippen LogP contribution is 2.39. The number of halogens is 1. The molecule has 1 aromatic carbocycles. The number of hydrogen-bond acceptors (Lipinski definition) is 8. The number of phenolic OH excluding ortho intramolecular Hbond substituents is 2. The smallest absolute Gasteiger partial charge is 0.315 e. The van der Waals surface area contributed by atoms with Gasteiger partial charge in [-0.1, -0.05) is 5.16 Å². The third-order valence-corrected chi connectivity index (χ3v) is 5.05. The van der Waals surface area contributed by atoms with Gasteiger partial charge in [0.05, 0.1) is 4.92 Å². The number of nitrogens with zero attached hydrogens (tertiary/aromatic N) is 4. The summed E-state index contributed by atoms with van der Waals surface area (Å²) in [6.45, 7) is 5.26. The zero-order valence-electron chi connectivity index (χ0n) is 14.3. The Morgan fingerprint density at radius 1 is 1.22 bits per heavy atom. The highest BCUT2D eigenvalue weighted by molar-refractivity contribution is 9.10. The van der Waals surface area contributed by atoms with Gasteiger partial charge >= 0.3 is 5.69 Å². The third-order valence-electron chi connectivity index (χ3n) is 4.33. The monoisotopic (exact) mass is 436 g/mol. The molecule has 3 rings (SSSR count). The Morgan fingerprint density at radius 2 is 1.89 bits per heavy atom. The normalized spacial score (nSPS) is 11.0. The van der Waals surface area contributed by atoms with Gasteiger partial charge in [-0.05, 0) is 25.5 Å². The van der Waals surface area contributed by atoms with E-state index in [9.17, 15) is 25.5 Å². The van der Waals surface area contributed by atoms with Crippen LogP contribution in [0.25, 0.3) is 22.8 Å². The Kier molecular flexibility index (Phi) is 4.47. The second kappa shape index (κ2) is 6.50. The average Bonchev–Trinajstić information content (AvgIpc) is 3.10. The van der Waals surface area contributed by atoms with Crippen LogP contribution in [0.1, 0.15) is 16.8 Å². The first-order chi connectivity index (χ1) is 12.6. The molecule has 0 saturated heterocycles. The fourth-order valence-corrected chi connectivity index (χ4v) is 3.31. The van der Waals surface area contributed by atoms with Crippen molar-refractivity contribution in [3.05, 3.63) is 48.9 Å². The molecule has 0 saturated carbocycles. The maximum absolute atomic E-state index is 12.3. The molecule has 0 atom stereocenters. The van der Waals surface area contributed by atoms with E-state index in [0.29, 0.717) is 16.0 Å². The number of phenols is 2. The Bertz CT molecular complexity index is 1070. The molecule has 0 unspecified atom stereocenters. The minimum absolute atomic E-state index is 0.0253. The van der Waals surface area contributed by atoms with E-state index >= 15 is 0 Å². The zero-order valence-corrected chi connectivity index (χ0v) is 15.9. The van der Waals surface area contributed by atoms with Gasteiger partial charge in [0.15, 0.2) is 11.4 Å². The summed E-state index contributed by atoms with van der Waals surface area (Å²) >= 11 is 3.23. The molecule has 0 spiro atoms. The number of nitro groups is 1. The van der Waals surface area contributed by atoms with Crippen molar-refractivity contribution >= 4 is 21.6 Å². The average molecular weight is 437 g/mol. The maximum Gasteiger partial charge on any atom is 0.315 e. The van der Waals surface area contributed by atoms with Crippen LogP contribution in [0.3, 0.4) is 0 Å². The summed E-state index contributed by atoms with van der Waals surface area (Å²) < 4.78 is 6.12. The van der Waals surface area contributed by atoms with E-state index in [1.165, 1.54) is 0 Å². The Hall–Kier alpha value is -3.21. The van der Waals surface area contributed by atoms with Crippen LogP contribution >= 0.6 is 15.9 Å². The molecule has 0 aliphatic carbocycles. The summed E-state index contributed by atoms with van der Waals surface area (Å²) in [5.74, 6) is -1.57. The molecular weight excluding hydrogens is 424 g/mol. The predicted molar refractivity (Wildman–Crippen MR) is 96.0 cm³/mol. The zero-order chi connectivity index (χ0) is 20.0. The van der Waals surface area contributed by atoms with E-state index in [0.717, 1.165) is 23.3 Å². The minimum atomic E-state index is -0.854. The van der Waals surface area contributed by atoms with Gasteiger partial charge in [0.25, 0.3) is 10.5 Å². The summed E-state index contributed by atoms with van der Waals surface area (Å²) in [5, 5.41) is 46.3. The lowest BCUT2D eigenvalue weighted by Gasteiger charge is -2.11. The first-order valence-electron chi connectivity index (χ1n) is 7.57. The largest absolute Gasteiger partial charge is 0.618 e. The van der Waals surface area contributed by atoms with Gasteiger partial charge < -0.3 is 19.9 Å². The molecular formula is C16H13BrN4O6. The van der Waals surface area contributed by atoms with Gasteiger partial charge in [0.2, 0.25) is 11.6 Å². The van der Waals surface area contributed by atoms with E-state index in [-0.39, 0.29) is 21.9 Å². The summed E-state index contributed by atoms with van der Waals surface area (Å²) in [7, 11) is 0. The molecule has 0 amide bonds. The van der Waals surface area contributed by atoms with Gasteiger partial charge in [-0.25, -0.2) is 0 Å². The molecule has 0 radical (unpaired) electrons. The minimum Gasteiger partial charge on any atom is -0.618 e. The lowest BCUT2D eigenvalue weighted by molar-refractivity contribution is -0.623. The Morgan fingerprint density at radius 3 is 2.52 bits per heavy atom. The molecule has 3 aromatic rings. The fourth-order valence-electron chi connectivity index (χ4n) is 2.58.